The van der Waals surface area contributed by atoms with E-state index in [2.05, 4.69) is 117 Å². The van der Waals surface area contributed by atoms with E-state index in [0.29, 0.717) is 33.7 Å². The first-order valence-electron chi connectivity index (χ1n) is 22.7. The smallest absolute Gasteiger partial charge is 0.148 e. The van der Waals surface area contributed by atoms with Crippen molar-refractivity contribution in [3.05, 3.63) is 167 Å². The van der Waals surface area contributed by atoms with Crippen molar-refractivity contribution < 1.29 is 30.3 Å². The van der Waals surface area contributed by atoms with E-state index in [1.165, 1.54) is 11.1 Å². The van der Waals surface area contributed by atoms with Crippen LogP contribution < -0.4 is 0 Å². The van der Waals surface area contributed by atoms with Gasteiger partial charge in [0, 0.05) is 37.1 Å². The number of imidazole rings is 1. The zero-order chi connectivity index (χ0) is 46.1. The SMILES string of the molecule is [2H]C([2H])([2H])c1cc(-c2cc(C(C)(C)C)cc(C(C)(C)C)c2)ccc1-n1c(-c2cc(C)cc(C)c2O)nc2c(-c3[c-]c(-c4cc(-c5ccccc5)ccn4)cc(C(C)(C)C)c3)cccc21.[Pt]. The minimum atomic E-state index is -2.50. The summed E-state index contributed by atoms with van der Waals surface area (Å²) in [5.41, 5.74) is 14.5. The van der Waals surface area contributed by atoms with Crippen LogP contribution in [0.3, 0.4) is 0 Å². The zero-order valence-electron chi connectivity index (χ0n) is 40.7. The van der Waals surface area contributed by atoms with Crippen LogP contribution in [0, 0.1) is 26.8 Å². The summed E-state index contributed by atoms with van der Waals surface area (Å²) in [6.45, 7) is 21.2. The molecule has 0 amide bonds. The largest absolute Gasteiger partial charge is 0.507 e. The van der Waals surface area contributed by atoms with Gasteiger partial charge in [-0.25, -0.2) is 4.98 Å². The van der Waals surface area contributed by atoms with E-state index in [1.54, 1.807) is 0 Å². The molecule has 8 rings (SSSR count). The Morgan fingerprint density at radius 1 is 0.581 bits per heavy atom. The Bertz CT molecular complexity index is 3040. The van der Waals surface area contributed by atoms with Crippen LogP contribution in [0.4, 0.5) is 0 Å². The summed E-state index contributed by atoms with van der Waals surface area (Å²) in [5, 5.41) is 11.8. The normalized spacial score (nSPS) is 13.0. The van der Waals surface area contributed by atoms with Crippen LogP contribution in [0.5, 0.6) is 5.75 Å². The van der Waals surface area contributed by atoms with E-state index < -0.39 is 6.85 Å². The van der Waals surface area contributed by atoms with Crippen molar-refractivity contribution in [1.82, 2.24) is 14.5 Å². The van der Waals surface area contributed by atoms with Gasteiger partial charge in [-0.1, -0.05) is 152 Å². The number of para-hydroxylation sites is 1. The van der Waals surface area contributed by atoms with Crippen LogP contribution in [0.1, 0.15) is 99.8 Å². The number of hydrogen-bond acceptors (Lipinski definition) is 3. The Labute approximate surface area is 387 Å². The van der Waals surface area contributed by atoms with Gasteiger partial charge in [0.2, 0.25) is 0 Å². The molecular weight excluding hydrogens is 938 g/mol. The minimum absolute atomic E-state index is 0. The van der Waals surface area contributed by atoms with Gasteiger partial charge in [-0.15, -0.1) is 29.3 Å². The summed E-state index contributed by atoms with van der Waals surface area (Å²) in [4.78, 5) is 10.2. The molecule has 0 fully saturated rings. The molecule has 0 aliphatic carbocycles. The number of aryl methyl sites for hydroxylation is 3. The summed E-state index contributed by atoms with van der Waals surface area (Å²) in [6.07, 6.45) is 1.85. The van der Waals surface area contributed by atoms with Crippen molar-refractivity contribution in [2.24, 2.45) is 0 Å². The summed E-state index contributed by atoms with van der Waals surface area (Å²) < 4.78 is 29.0. The summed E-state index contributed by atoms with van der Waals surface area (Å²) in [5.74, 6) is 0.539. The van der Waals surface area contributed by atoms with E-state index in [4.69, 9.17) is 14.1 Å². The molecule has 0 unspecified atom stereocenters. The third-order valence-corrected chi connectivity index (χ3v) is 11.8. The van der Waals surface area contributed by atoms with Crippen LogP contribution in [0.15, 0.2) is 128 Å². The molecule has 0 aliphatic heterocycles. The maximum absolute atomic E-state index is 11.8. The van der Waals surface area contributed by atoms with Gasteiger partial charge in [0.25, 0.3) is 0 Å². The van der Waals surface area contributed by atoms with E-state index in [-0.39, 0.29) is 48.6 Å². The molecule has 5 heteroatoms. The summed E-state index contributed by atoms with van der Waals surface area (Å²) >= 11 is 0. The molecular formula is C57H58N3OPt-. The van der Waals surface area contributed by atoms with E-state index in [0.717, 1.165) is 55.8 Å². The second kappa shape index (κ2) is 16.6. The van der Waals surface area contributed by atoms with Gasteiger partial charge in [0.15, 0.2) is 0 Å². The molecule has 0 bridgehead atoms. The summed E-state index contributed by atoms with van der Waals surface area (Å²) in [6, 6.07) is 44.8. The topological polar surface area (TPSA) is 50.9 Å². The molecule has 318 valence electrons. The number of pyridine rings is 1. The van der Waals surface area contributed by atoms with Gasteiger partial charge >= 0.3 is 0 Å². The first-order chi connectivity index (χ1) is 30.0. The Kier molecular flexibility index (Phi) is 10.8. The Morgan fingerprint density at radius 3 is 1.89 bits per heavy atom. The number of aromatic hydroxyl groups is 1. The fourth-order valence-corrected chi connectivity index (χ4v) is 8.12. The number of rotatable bonds is 6. The molecule has 0 atom stereocenters. The molecule has 0 radical (unpaired) electrons. The number of phenolic OH excluding ortho intramolecular Hbond substituents is 1. The Hall–Kier alpha value is -5.57. The van der Waals surface area contributed by atoms with Crippen LogP contribution in [0.25, 0.3) is 72.7 Å². The molecule has 4 nitrogen and oxygen atoms in total. The number of fused-ring (bicyclic) bond motifs is 1. The summed E-state index contributed by atoms with van der Waals surface area (Å²) in [7, 11) is 0. The second-order valence-electron chi connectivity index (χ2n) is 19.7. The Balaban J connectivity index is 0.00000630. The van der Waals surface area contributed by atoms with E-state index in [9.17, 15) is 5.11 Å². The molecule has 62 heavy (non-hydrogen) atoms. The van der Waals surface area contributed by atoms with Gasteiger partial charge in [0.1, 0.15) is 11.6 Å². The second-order valence-corrected chi connectivity index (χ2v) is 19.7. The van der Waals surface area contributed by atoms with Crippen LogP contribution in [-0.2, 0) is 37.3 Å². The standard InChI is InChI=1S/C57H58N3O.Pt/c1-35-25-37(3)53(61)48(26-35)54-59-52-47(42-28-43(32-44(31-42)55(4,5)6)49-33-40(23-24-58-49)38-17-14-13-15-18-38)19-16-20-51(52)60(54)50-22-21-39(27-36(50)2)41-29-45(56(7,8)9)34-46(30-41)57(10,11)12;/h13-27,29-34,61H,1-12H3;/q-1;/i2D3;. The van der Waals surface area contributed by atoms with E-state index in [1.807, 2.05) is 97.4 Å². The van der Waals surface area contributed by atoms with E-state index >= 15 is 0 Å². The average molecular weight is 999 g/mol. The predicted octanol–water partition coefficient (Wildman–Crippen LogP) is 15.1. The van der Waals surface area contributed by atoms with Gasteiger partial charge in [-0.05, 0) is 117 Å². The van der Waals surface area contributed by atoms with Crippen LogP contribution in [0.2, 0.25) is 0 Å². The molecule has 0 aliphatic rings. The molecule has 6 aromatic carbocycles. The quantitative estimate of drug-likeness (QED) is 0.169. The van der Waals surface area contributed by atoms with Gasteiger partial charge in [-0.3, -0.25) is 9.55 Å². The number of phenols is 1. The maximum atomic E-state index is 11.8. The van der Waals surface area contributed by atoms with Crippen molar-refractivity contribution in [2.45, 2.75) is 99.3 Å². The fraction of sp³-hybridized carbons (Fsp3) is 0.263. The first kappa shape index (κ1) is 40.5. The molecule has 1 N–H and O–H groups in total. The third-order valence-electron chi connectivity index (χ3n) is 11.8. The predicted molar refractivity (Wildman–Crippen MR) is 257 cm³/mol. The number of hydrogen-bond donors (Lipinski definition) is 1. The van der Waals surface area contributed by atoms with Crippen LogP contribution in [-0.4, -0.2) is 19.6 Å². The number of nitrogens with zero attached hydrogens (tertiary/aromatic N) is 3. The van der Waals surface area contributed by atoms with Crippen molar-refractivity contribution in [1.29, 1.82) is 0 Å². The minimum Gasteiger partial charge on any atom is -0.507 e. The van der Waals surface area contributed by atoms with Gasteiger partial charge in [-0.2, -0.15) is 0 Å². The monoisotopic (exact) mass is 998 g/mol. The maximum Gasteiger partial charge on any atom is 0.148 e. The first-order valence-corrected chi connectivity index (χ1v) is 21.2. The average Bonchev–Trinajstić information content (AvgIpc) is 3.63. The van der Waals surface area contributed by atoms with Crippen LogP contribution >= 0.6 is 0 Å². The molecule has 8 aromatic rings. The van der Waals surface area contributed by atoms with Crippen molar-refractivity contribution in [3.63, 3.8) is 0 Å². The van der Waals surface area contributed by atoms with Crippen molar-refractivity contribution >= 4 is 11.0 Å². The number of aromatic nitrogens is 3. The van der Waals surface area contributed by atoms with Crippen molar-refractivity contribution in [2.75, 3.05) is 0 Å². The number of benzene rings is 6. The van der Waals surface area contributed by atoms with Gasteiger partial charge < -0.3 is 5.11 Å². The third kappa shape index (κ3) is 8.73. The Morgan fingerprint density at radius 2 is 1.23 bits per heavy atom. The molecule has 2 aromatic heterocycles. The van der Waals surface area contributed by atoms with Gasteiger partial charge in [0.05, 0.1) is 22.3 Å². The molecule has 0 saturated heterocycles. The zero-order valence-corrected chi connectivity index (χ0v) is 40.0. The molecule has 0 saturated carbocycles. The molecule has 0 spiro atoms. The fourth-order valence-electron chi connectivity index (χ4n) is 8.12. The molecule has 2 heterocycles. The van der Waals surface area contributed by atoms with Crippen molar-refractivity contribution in [3.8, 4) is 67.5 Å².